The van der Waals surface area contributed by atoms with Crippen molar-refractivity contribution in [3.8, 4) is 5.75 Å². The monoisotopic (exact) mass is 332 g/mol. The highest BCUT2D eigenvalue weighted by Gasteiger charge is 2.14. The Kier molecular flexibility index (Phi) is 5.36. The van der Waals surface area contributed by atoms with Crippen LogP contribution in [0.15, 0.2) is 42.5 Å². The first-order valence-corrected chi connectivity index (χ1v) is 6.72. The first kappa shape index (κ1) is 16.0. The first-order valence-electron chi connectivity index (χ1n) is 5.97. The van der Waals surface area contributed by atoms with Gasteiger partial charge in [-0.3, -0.25) is 5.84 Å². The molecule has 3 nitrogen and oxygen atoms in total. The molecule has 21 heavy (non-hydrogen) atoms. The van der Waals surface area contributed by atoms with Crippen molar-refractivity contribution in [3.63, 3.8) is 0 Å². The molecule has 0 amide bonds. The molecule has 0 aliphatic heterocycles. The van der Waals surface area contributed by atoms with Gasteiger partial charge in [-0.05, 0) is 35.4 Å². The molecule has 2 rings (SSSR count). The van der Waals surface area contributed by atoms with Crippen LogP contribution in [0.25, 0.3) is 0 Å². The van der Waals surface area contributed by atoms with Crippen LogP contribution in [0.3, 0.4) is 0 Å². The SMILES string of the molecule is NNC(c1ccc(OC(F)F)cc1)c1ccc(Cl)c(Cl)c1. The summed E-state index contributed by atoms with van der Waals surface area (Å²) in [5.74, 6) is 5.65. The molecule has 3 N–H and O–H groups in total. The summed E-state index contributed by atoms with van der Waals surface area (Å²) >= 11 is 11.9. The lowest BCUT2D eigenvalue weighted by atomic mass is 9.99. The van der Waals surface area contributed by atoms with Crippen LogP contribution in [-0.2, 0) is 0 Å². The number of alkyl halides is 2. The van der Waals surface area contributed by atoms with Gasteiger partial charge in [-0.1, -0.05) is 41.4 Å². The fraction of sp³-hybridized carbons (Fsp3) is 0.143. The van der Waals surface area contributed by atoms with Gasteiger partial charge in [-0.2, -0.15) is 8.78 Å². The molecule has 0 aliphatic rings. The maximum Gasteiger partial charge on any atom is 0.387 e. The van der Waals surface area contributed by atoms with Crippen molar-refractivity contribution >= 4 is 23.2 Å². The van der Waals surface area contributed by atoms with E-state index in [1.165, 1.54) is 12.1 Å². The summed E-state index contributed by atoms with van der Waals surface area (Å²) in [5.41, 5.74) is 4.23. The molecule has 112 valence electrons. The van der Waals surface area contributed by atoms with Crippen molar-refractivity contribution in [1.29, 1.82) is 0 Å². The molecule has 0 fully saturated rings. The van der Waals surface area contributed by atoms with E-state index in [-0.39, 0.29) is 11.8 Å². The molecular formula is C14H12Cl2F2N2O. The van der Waals surface area contributed by atoms with Crippen molar-refractivity contribution in [2.24, 2.45) is 5.84 Å². The Morgan fingerprint density at radius 1 is 0.952 bits per heavy atom. The molecule has 0 radical (unpaired) electrons. The molecule has 1 atom stereocenters. The minimum atomic E-state index is -2.85. The molecule has 7 heteroatoms. The fourth-order valence-corrected chi connectivity index (χ4v) is 2.23. The zero-order chi connectivity index (χ0) is 15.4. The zero-order valence-electron chi connectivity index (χ0n) is 10.7. The van der Waals surface area contributed by atoms with E-state index in [4.69, 9.17) is 29.0 Å². The van der Waals surface area contributed by atoms with Crippen molar-refractivity contribution in [2.45, 2.75) is 12.7 Å². The van der Waals surface area contributed by atoms with E-state index in [9.17, 15) is 8.78 Å². The van der Waals surface area contributed by atoms with Gasteiger partial charge in [0.05, 0.1) is 16.1 Å². The molecule has 0 aliphatic carbocycles. The number of hydrogen-bond donors (Lipinski definition) is 2. The highest BCUT2D eigenvalue weighted by molar-refractivity contribution is 6.42. The van der Waals surface area contributed by atoms with Crippen LogP contribution in [0.5, 0.6) is 5.75 Å². The molecular weight excluding hydrogens is 321 g/mol. The van der Waals surface area contributed by atoms with E-state index in [1.807, 2.05) is 0 Å². The Balaban J connectivity index is 2.26. The Hall–Kier alpha value is -1.40. The summed E-state index contributed by atoms with van der Waals surface area (Å²) < 4.78 is 28.5. The lowest BCUT2D eigenvalue weighted by Gasteiger charge is -2.18. The van der Waals surface area contributed by atoms with Gasteiger partial charge >= 0.3 is 6.61 Å². The Labute approximate surface area is 130 Å². The Morgan fingerprint density at radius 3 is 2.10 bits per heavy atom. The van der Waals surface area contributed by atoms with Crippen molar-refractivity contribution < 1.29 is 13.5 Å². The van der Waals surface area contributed by atoms with Crippen molar-refractivity contribution in [2.75, 3.05) is 0 Å². The smallest absolute Gasteiger partial charge is 0.387 e. The predicted molar refractivity (Wildman–Crippen MR) is 78.7 cm³/mol. The minimum absolute atomic E-state index is 0.0821. The number of benzene rings is 2. The number of nitrogens with two attached hydrogens (primary N) is 1. The summed E-state index contributed by atoms with van der Waals surface area (Å²) in [6, 6.07) is 11.0. The van der Waals surface area contributed by atoms with Gasteiger partial charge in [-0.15, -0.1) is 0 Å². The summed E-state index contributed by atoms with van der Waals surface area (Å²) in [7, 11) is 0. The quantitative estimate of drug-likeness (QED) is 0.638. The van der Waals surface area contributed by atoms with Crippen LogP contribution in [0.2, 0.25) is 10.0 Å². The Bertz CT molecular complexity index is 608. The molecule has 0 aromatic heterocycles. The van der Waals surface area contributed by atoms with E-state index in [1.54, 1.807) is 30.3 Å². The van der Waals surface area contributed by atoms with Crippen LogP contribution in [-0.4, -0.2) is 6.61 Å². The summed E-state index contributed by atoms with van der Waals surface area (Å²) in [6.45, 7) is -2.85. The van der Waals surface area contributed by atoms with Gasteiger partial charge in [0.2, 0.25) is 0 Å². The first-order chi connectivity index (χ1) is 10.0. The molecule has 2 aromatic carbocycles. The van der Waals surface area contributed by atoms with Crippen LogP contribution in [0, 0.1) is 0 Å². The topological polar surface area (TPSA) is 47.3 Å². The molecule has 1 unspecified atom stereocenters. The number of nitrogens with one attached hydrogen (secondary N) is 1. The van der Waals surface area contributed by atoms with E-state index in [0.29, 0.717) is 10.0 Å². The highest BCUT2D eigenvalue weighted by atomic mass is 35.5. The third-order valence-corrected chi connectivity index (χ3v) is 3.62. The van der Waals surface area contributed by atoms with Crippen LogP contribution < -0.4 is 16.0 Å². The number of halogens is 4. The molecule has 2 aromatic rings. The third kappa shape index (κ3) is 4.04. The van der Waals surface area contributed by atoms with Gasteiger partial charge < -0.3 is 4.74 Å². The largest absolute Gasteiger partial charge is 0.435 e. The second kappa shape index (κ2) is 7.04. The molecule has 0 bridgehead atoms. The minimum Gasteiger partial charge on any atom is -0.435 e. The predicted octanol–water partition coefficient (Wildman–Crippen LogP) is 4.15. The number of hydrogen-bond acceptors (Lipinski definition) is 3. The summed E-state index contributed by atoms with van der Waals surface area (Å²) in [6.07, 6.45) is 0. The van der Waals surface area contributed by atoms with Crippen LogP contribution in [0.1, 0.15) is 17.2 Å². The van der Waals surface area contributed by atoms with Gasteiger partial charge in [0.15, 0.2) is 0 Å². The fourth-order valence-electron chi connectivity index (χ4n) is 1.92. The van der Waals surface area contributed by atoms with Crippen molar-refractivity contribution in [3.05, 3.63) is 63.6 Å². The normalized spacial score (nSPS) is 12.5. The molecule has 0 heterocycles. The lowest BCUT2D eigenvalue weighted by molar-refractivity contribution is -0.0498. The van der Waals surface area contributed by atoms with E-state index >= 15 is 0 Å². The standard InChI is InChI=1S/C14H12Cl2F2N2O/c15-11-6-3-9(7-12(11)16)13(20-19)8-1-4-10(5-2-8)21-14(17)18/h1-7,13-14,20H,19H2. The maximum absolute atomic E-state index is 12.1. The van der Waals surface area contributed by atoms with E-state index < -0.39 is 6.61 Å². The van der Waals surface area contributed by atoms with Gasteiger partial charge in [-0.25, -0.2) is 5.43 Å². The summed E-state index contributed by atoms with van der Waals surface area (Å²) in [5, 5.41) is 0.851. The van der Waals surface area contributed by atoms with Crippen LogP contribution in [0.4, 0.5) is 8.78 Å². The van der Waals surface area contributed by atoms with E-state index in [0.717, 1.165) is 11.1 Å². The number of rotatable bonds is 5. The molecule has 0 saturated carbocycles. The van der Waals surface area contributed by atoms with Crippen molar-refractivity contribution in [1.82, 2.24) is 5.43 Å². The average molecular weight is 333 g/mol. The summed E-state index contributed by atoms with van der Waals surface area (Å²) in [4.78, 5) is 0. The zero-order valence-corrected chi connectivity index (χ0v) is 12.2. The average Bonchev–Trinajstić information content (AvgIpc) is 2.45. The third-order valence-electron chi connectivity index (χ3n) is 2.88. The van der Waals surface area contributed by atoms with Gasteiger partial charge in [0.25, 0.3) is 0 Å². The number of ether oxygens (including phenoxy) is 1. The lowest BCUT2D eigenvalue weighted by Crippen LogP contribution is -2.28. The van der Waals surface area contributed by atoms with Gasteiger partial charge in [0.1, 0.15) is 5.75 Å². The van der Waals surface area contributed by atoms with Gasteiger partial charge in [0, 0.05) is 0 Å². The maximum atomic E-state index is 12.1. The Morgan fingerprint density at radius 2 is 1.57 bits per heavy atom. The molecule has 0 saturated heterocycles. The second-order valence-electron chi connectivity index (χ2n) is 4.22. The highest BCUT2D eigenvalue weighted by Crippen LogP contribution is 2.29. The van der Waals surface area contributed by atoms with Crippen LogP contribution >= 0.6 is 23.2 Å². The van der Waals surface area contributed by atoms with E-state index in [2.05, 4.69) is 10.2 Å². The second-order valence-corrected chi connectivity index (χ2v) is 5.04. The molecule has 0 spiro atoms. The number of hydrazine groups is 1.